The molecule has 0 aliphatic rings. The molecule has 13 heavy (non-hydrogen) atoms. The molecule has 0 aromatic carbocycles. The smallest absolute Gasteiger partial charge is 0.120 e. The quantitative estimate of drug-likeness (QED) is 0.682. The minimum Gasteiger partial charge on any atom is -0.345 e. The van der Waals surface area contributed by atoms with Gasteiger partial charge in [0.2, 0.25) is 0 Å². The molecule has 0 saturated carbocycles. The van der Waals surface area contributed by atoms with E-state index in [0.29, 0.717) is 5.92 Å². The van der Waals surface area contributed by atoms with Crippen molar-refractivity contribution in [1.29, 1.82) is 0 Å². The highest BCUT2D eigenvalue weighted by Gasteiger charge is 2.02. The van der Waals surface area contributed by atoms with Crippen LogP contribution in [0.25, 0.3) is 0 Å². The lowest BCUT2D eigenvalue weighted by atomic mass is 10.2. The van der Waals surface area contributed by atoms with Gasteiger partial charge in [-0.2, -0.15) is 0 Å². The summed E-state index contributed by atoms with van der Waals surface area (Å²) in [5.41, 5.74) is 1.22. The number of aromatic nitrogens is 2. The van der Waals surface area contributed by atoms with Crippen molar-refractivity contribution in [2.45, 2.75) is 39.7 Å². The first-order valence-corrected chi connectivity index (χ1v) is 4.98. The summed E-state index contributed by atoms with van der Waals surface area (Å²) in [6, 6.07) is 0. The van der Waals surface area contributed by atoms with Crippen molar-refractivity contribution >= 4 is 0 Å². The fraction of sp³-hybridized carbons (Fsp3) is 0.700. The van der Waals surface area contributed by atoms with Crippen molar-refractivity contribution in [1.82, 2.24) is 15.3 Å². The van der Waals surface area contributed by atoms with Crippen molar-refractivity contribution in [3.8, 4) is 0 Å². The van der Waals surface area contributed by atoms with Gasteiger partial charge in [0.1, 0.15) is 5.82 Å². The van der Waals surface area contributed by atoms with Crippen molar-refractivity contribution in [3.63, 3.8) is 0 Å². The Balaban J connectivity index is 2.40. The van der Waals surface area contributed by atoms with Gasteiger partial charge in [-0.3, -0.25) is 0 Å². The molecule has 0 amide bonds. The summed E-state index contributed by atoms with van der Waals surface area (Å²) in [5.74, 6) is 1.57. The first-order chi connectivity index (χ1) is 6.24. The molecule has 1 heterocycles. The summed E-state index contributed by atoms with van der Waals surface area (Å²) in [7, 11) is 0. The second-order valence-electron chi connectivity index (χ2n) is 3.62. The van der Waals surface area contributed by atoms with Gasteiger partial charge in [-0.25, -0.2) is 4.98 Å². The molecule has 3 nitrogen and oxygen atoms in total. The summed E-state index contributed by atoms with van der Waals surface area (Å²) < 4.78 is 0. The molecule has 0 unspecified atom stereocenters. The number of nitrogens with zero attached hydrogens (tertiary/aromatic N) is 1. The van der Waals surface area contributed by atoms with Gasteiger partial charge in [0, 0.05) is 11.9 Å². The van der Waals surface area contributed by atoms with Crippen molar-refractivity contribution < 1.29 is 0 Å². The lowest BCUT2D eigenvalue weighted by Gasteiger charge is -2.00. The molecule has 0 bridgehead atoms. The van der Waals surface area contributed by atoms with Crippen LogP contribution in [0.15, 0.2) is 6.20 Å². The topological polar surface area (TPSA) is 40.7 Å². The normalized spacial score (nSPS) is 11.1. The third-order valence-corrected chi connectivity index (χ3v) is 1.99. The first kappa shape index (κ1) is 10.3. The van der Waals surface area contributed by atoms with Crippen LogP contribution in [0.3, 0.4) is 0 Å². The fourth-order valence-electron chi connectivity index (χ4n) is 1.15. The predicted octanol–water partition coefficient (Wildman–Crippen LogP) is 2.03. The van der Waals surface area contributed by atoms with Crippen molar-refractivity contribution in [3.05, 3.63) is 17.7 Å². The Morgan fingerprint density at radius 3 is 2.85 bits per heavy atom. The fourth-order valence-corrected chi connectivity index (χ4v) is 1.15. The molecular formula is C10H19N3. The minimum atomic E-state index is 0.535. The van der Waals surface area contributed by atoms with E-state index in [2.05, 4.69) is 36.1 Å². The van der Waals surface area contributed by atoms with E-state index in [-0.39, 0.29) is 0 Å². The molecule has 0 fully saturated rings. The van der Waals surface area contributed by atoms with Crippen LogP contribution in [-0.4, -0.2) is 16.5 Å². The van der Waals surface area contributed by atoms with E-state index in [9.17, 15) is 0 Å². The van der Waals surface area contributed by atoms with Crippen LogP contribution in [0.4, 0.5) is 0 Å². The van der Waals surface area contributed by atoms with Gasteiger partial charge in [0.25, 0.3) is 0 Å². The summed E-state index contributed by atoms with van der Waals surface area (Å²) >= 11 is 0. The molecule has 0 radical (unpaired) electrons. The van der Waals surface area contributed by atoms with Crippen LogP contribution in [0.1, 0.15) is 44.6 Å². The van der Waals surface area contributed by atoms with Crippen LogP contribution in [-0.2, 0) is 6.54 Å². The number of hydrogen-bond donors (Lipinski definition) is 2. The number of H-pyrrole nitrogens is 1. The summed E-state index contributed by atoms with van der Waals surface area (Å²) in [6.07, 6.45) is 3.09. The van der Waals surface area contributed by atoms with E-state index in [4.69, 9.17) is 0 Å². The van der Waals surface area contributed by atoms with E-state index < -0.39 is 0 Å². The monoisotopic (exact) mass is 181 g/mol. The molecule has 0 saturated heterocycles. The molecule has 74 valence electrons. The van der Waals surface area contributed by atoms with Gasteiger partial charge in [-0.15, -0.1) is 0 Å². The number of nitrogens with one attached hydrogen (secondary N) is 2. The van der Waals surface area contributed by atoms with Crippen LogP contribution in [0.2, 0.25) is 0 Å². The maximum absolute atomic E-state index is 4.29. The third kappa shape index (κ3) is 3.19. The zero-order valence-corrected chi connectivity index (χ0v) is 8.72. The Bertz CT molecular complexity index is 240. The van der Waals surface area contributed by atoms with E-state index in [0.717, 1.165) is 25.3 Å². The molecule has 0 aliphatic heterocycles. The van der Waals surface area contributed by atoms with Gasteiger partial charge in [-0.1, -0.05) is 20.8 Å². The molecule has 0 aliphatic carbocycles. The lowest BCUT2D eigenvalue weighted by molar-refractivity contribution is 0.653. The highest BCUT2D eigenvalue weighted by atomic mass is 15.0. The average Bonchev–Trinajstić information content (AvgIpc) is 2.53. The molecule has 1 rings (SSSR count). The van der Waals surface area contributed by atoms with Crippen LogP contribution in [0, 0.1) is 0 Å². The Kier molecular flexibility index (Phi) is 3.96. The van der Waals surface area contributed by atoms with Gasteiger partial charge in [0.05, 0.1) is 6.54 Å². The molecular weight excluding hydrogens is 162 g/mol. The van der Waals surface area contributed by atoms with Crippen molar-refractivity contribution in [2.75, 3.05) is 6.54 Å². The van der Waals surface area contributed by atoms with Gasteiger partial charge in [-0.05, 0) is 18.9 Å². The Morgan fingerprint density at radius 2 is 2.31 bits per heavy atom. The zero-order chi connectivity index (χ0) is 9.68. The predicted molar refractivity (Wildman–Crippen MR) is 54.7 cm³/mol. The Hall–Kier alpha value is -0.830. The largest absolute Gasteiger partial charge is 0.345 e. The minimum absolute atomic E-state index is 0.535. The van der Waals surface area contributed by atoms with Crippen LogP contribution < -0.4 is 5.32 Å². The number of rotatable bonds is 5. The average molecular weight is 181 g/mol. The number of aromatic amines is 1. The zero-order valence-electron chi connectivity index (χ0n) is 8.72. The van der Waals surface area contributed by atoms with Crippen LogP contribution >= 0.6 is 0 Å². The molecule has 1 aromatic heterocycles. The van der Waals surface area contributed by atoms with Gasteiger partial charge in [0.15, 0.2) is 0 Å². The standard InChI is InChI=1S/C10H19N3/c1-4-5-11-7-10-12-6-9(13-10)8(2)3/h6,8,11H,4-5,7H2,1-3H3,(H,12,13). The number of imidazole rings is 1. The van der Waals surface area contributed by atoms with E-state index in [1.165, 1.54) is 5.69 Å². The van der Waals surface area contributed by atoms with E-state index in [1.54, 1.807) is 0 Å². The summed E-state index contributed by atoms with van der Waals surface area (Å²) in [5, 5.41) is 3.31. The third-order valence-electron chi connectivity index (χ3n) is 1.99. The molecule has 1 aromatic rings. The molecule has 0 spiro atoms. The summed E-state index contributed by atoms with van der Waals surface area (Å²) in [6.45, 7) is 8.39. The molecule has 2 N–H and O–H groups in total. The lowest BCUT2D eigenvalue weighted by Crippen LogP contribution is -2.14. The molecule has 3 heteroatoms. The van der Waals surface area contributed by atoms with Crippen molar-refractivity contribution in [2.24, 2.45) is 0 Å². The first-order valence-electron chi connectivity index (χ1n) is 4.98. The van der Waals surface area contributed by atoms with Gasteiger partial charge >= 0.3 is 0 Å². The second kappa shape index (κ2) is 5.02. The van der Waals surface area contributed by atoms with Crippen LogP contribution in [0.5, 0.6) is 0 Å². The Morgan fingerprint density at radius 1 is 1.54 bits per heavy atom. The number of hydrogen-bond acceptors (Lipinski definition) is 2. The maximum atomic E-state index is 4.29. The van der Waals surface area contributed by atoms with E-state index >= 15 is 0 Å². The van der Waals surface area contributed by atoms with E-state index in [1.807, 2.05) is 6.20 Å². The molecule has 0 atom stereocenters. The van der Waals surface area contributed by atoms with Gasteiger partial charge < -0.3 is 10.3 Å². The second-order valence-corrected chi connectivity index (χ2v) is 3.62. The highest BCUT2D eigenvalue weighted by molar-refractivity contribution is 5.05. The summed E-state index contributed by atoms with van der Waals surface area (Å²) in [4.78, 5) is 7.59. The maximum Gasteiger partial charge on any atom is 0.120 e. The Labute approximate surface area is 80.0 Å². The highest BCUT2D eigenvalue weighted by Crippen LogP contribution is 2.10. The SMILES string of the molecule is CCCNCc1ncc(C(C)C)[nH]1.